The van der Waals surface area contributed by atoms with Gasteiger partial charge in [0.2, 0.25) is 0 Å². The van der Waals surface area contributed by atoms with Crippen molar-refractivity contribution < 1.29 is 29.9 Å². The van der Waals surface area contributed by atoms with Crippen LogP contribution in [0, 0.1) is 51.1 Å². The van der Waals surface area contributed by atoms with E-state index in [-0.39, 0.29) is 32.4 Å². The Hall–Kier alpha value is -3.55. The molecule has 0 bridgehead atoms. The molecule has 5 aromatic rings. The van der Waals surface area contributed by atoms with Gasteiger partial charge in [0, 0.05) is 28.0 Å². The normalized spacial score (nSPS) is 18.7. The number of hydrogen-bond donors (Lipinski definition) is 0. The molecule has 1 aliphatic carbocycles. The number of rotatable bonds is 6. The smallest absolute Gasteiger partial charge is 0.496 e. The van der Waals surface area contributed by atoms with Crippen LogP contribution >= 0.6 is 0 Å². The first-order valence-corrected chi connectivity index (χ1v) is 15.6. The summed E-state index contributed by atoms with van der Waals surface area (Å²) in [5, 5.41) is 0. The van der Waals surface area contributed by atoms with Gasteiger partial charge in [-0.05, 0) is 90.9 Å². The van der Waals surface area contributed by atoms with E-state index < -0.39 is 6.85 Å². The summed E-state index contributed by atoms with van der Waals surface area (Å²) in [6.07, 6.45) is 7.36. The molecule has 232 valence electrons. The molecule has 3 nitrogen and oxygen atoms in total. The van der Waals surface area contributed by atoms with E-state index in [4.69, 9.17) is 13.8 Å². The number of ether oxygens (including phenoxy) is 1. The van der Waals surface area contributed by atoms with Gasteiger partial charge in [0.05, 0.1) is 0 Å². The van der Waals surface area contributed by atoms with Gasteiger partial charge in [-0.15, -0.1) is 35.4 Å². The summed E-state index contributed by atoms with van der Waals surface area (Å²) in [6, 6.07) is 28.0. The summed E-state index contributed by atoms with van der Waals surface area (Å²) in [6.45, 7) is 10.8. The van der Waals surface area contributed by atoms with E-state index >= 15 is 0 Å². The molecule has 6 rings (SSSR count). The van der Waals surface area contributed by atoms with E-state index in [1.54, 1.807) is 6.07 Å². The van der Waals surface area contributed by atoms with Crippen LogP contribution in [0.2, 0.25) is 0 Å². The second kappa shape index (κ2) is 13.4. The van der Waals surface area contributed by atoms with Crippen molar-refractivity contribution in [3.8, 4) is 45.1 Å². The molecule has 1 aliphatic rings. The van der Waals surface area contributed by atoms with E-state index in [0.29, 0.717) is 39.8 Å². The summed E-state index contributed by atoms with van der Waals surface area (Å²) in [5.41, 5.74) is 9.48. The third-order valence-electron chi connectivity index (χ3n) is 9.26. The van der Waals surface area contributed by atoms with E-state index in [1.165, 1.54) is 24.0 Å². The Balaban J connectivity index is 0.00000451. The molecule has 0 amide bonds. The van der Waals surface area contributed by atoms with Crippen molar-refractivity contribution in [2.75, 3.05) is 0 Å². The van der Waals surface area contributed by atoms with Crippen LogP contribution < -0.4 is 4.74 Å². The van der Waals surface area contributed by atoms with Crippen LogP contribution in [0.4, 0.5) is 0 Å². The van der Waals surface area contributed by atoms with Gasteiger partial charge in [-0.2, -0.15) is 0 Å². The minimum Gasteiger partial charge on any atom is -0.496 e. The molecule has 1 saturated carbocycles. The van der Waals surface area contributed by atoms with E-state index in [1.807, 2.05) is 80.8 Å². The molecular weight excluding hydrogens is 732 g/mol. The minimum absolute atomic E-state index is 0. The fourth-order valence-corrected chi connectivity index (χ4v) is 6.65. The number of hydrogen-bond acceptors (Lipinski definition) is 3. The van der Waals surface area contributed by atoms with Crippen LogP contribution in [0.3, 0.4) is 0 Å². The summed E-state index contributed by atoms with van der Waals surface area (Å²) in [7, 11) is 0. The second-order valence-corrected chi connectivity index (χ2v) is 13.3. The standard InChI is InChI=1S/C41H42N2O.Pt/c1-26-18-38(42-24-28(26)3)33-20-37(31-12-9-8-10-13-31)30(5)40(21-33)44-34-15-11-14-32(19-34)39-22-36(29(4)25-43-39)35-16-17-41(6,7)23-27(35)2;/h8-15,18,20,22,24-25,27,35H,16-17,23H2,1-7H3;/q-2;+2/i5D3;. The molecule has 1 fully saturated rings. The Kier molecular flexibility index (Phi) is 8.63. The van der Waals surface area contributed by atoms with Gasteiger partial charge >= 0.3 is 21.1 Å². The van der Waals surface area contributed by atoms with Crippen molar-refractivity contribution in [2.45, 2.75) is 73.6 Å². The fourth-order valence-electron chi connectivity index (χ4n) is 6.65. The molecule has 45 heavy (non-hydrogen) atoms. The fraction of sp³-hybridized carbons (Fsp3) is 0.317. The first-order chi connectivity index (χ1) is 22.3. The maximum atomic E-state index is 8.56. The van der Waals surface area contributed by atoms with Crippen LogP contribution in [0.15, 0.2) is 79.1 Å². The van der Waals surface area contributed by atoms with Gasteiger partial charge in [-0.1, -0.05) is 98.9 Å². The Morgan fingerprint density at radius 3 is 2.29 bits per heavy atom. The van der Waals surface area contributed by atoms with Crippen molar-refractivity contribution in [3.63, 3.8) is 0 Å². The Labute approximate surface area is 288 Å². The van der Waals surface area contributed by atoms with Crippen LogP contribution in [0.5, 0.6) is 11.5 Å². The van der Waals surface area contributed by atoms with Gasteiger partial charge < -0.3 is 14.7 Å². The monoisotopic (exact) mass is 776 g/mol. The molecule has 0 spiro atoms. The van der Waals surface area contributed by atoms with Gasteiger partial charge in [0.25, 0.3) is 0 Å². The molecule has 2 atom stereocenters. The van der Waals surface area contributed by atoms with Crippen molar-refractivity contribution in [3.05, 3.63) is 119 Å². The number of aromatic nitrogens is 2. The summed E-state index contributed by atoms with van der Waals surface area (Å²) in [5.74, 6) is 1.59. The van der Waals surface area contributed by atoms with E-state index in [2.05, 4.69) is 50.9 Å². The molecule has 2 heterocycles. The Bertz CT molecular complexity index is 1920. The van der Waals surface area contributed by atoms with Crippen molar-refractivity contribution in [2.24, 2.45) is 11.3 Å². The van der Waals surface area contributed by atoms with Crippen LogP contribution in [0.25, 0.3) is 33.6 Å². The first kappa shape index (κ1) is 28.9. The van der Waals surface area contributed by atoms with Crippen molar-refractivity contribution >= 4 is 0 Å². The molecule has 0 radical (unpaired) electrons. The molecule has 4 heteroatoms. The summed E-state index contributed by atoms with van der Waals surface area (Å²) >= 11 is 0. The summed E-state index contributed by atoms with van der Waals surface area (Å²) in [4.78, 5) is 9.45. The molecule has 3 aromatic carbocycles. The molecule has 2 unspecified atom stereocenters. The Morgan fingerprint density at radius 2 is 1.58 bits per heavy atom. The SMILES string of the molecule is [2H]C([2H])([2H])c1c(Oc2[c-]c(-c3cc(C4CCC(C)(C)CC4C)c(C)cn3)ccc2)[c-]c(-c2cc(C)c(C)cn2)cc1-c1ccccc1.[Pt+2]. The van der Waals surface area contributed by atoms with E-state index in [0.717, 1.165) is 34.4 Å². The molecule has 0 saturated heterocycles. The predicted molar refractivity (Wildman–Crippen MR) is 181 cm³/mol. The minimum atomic E-state index is -2.47. The van der Waals surface area contributed by atoms with Gasteiger partial charge in [0.15, 0.2) is 0 Å². The maximum absolute atomic E-state index is 8.56. The second-order valence-electron chi connectivity index (χ2n) is 13.3. The summed E-state index contributed by atoms with van der Waals surface area (Å²) < 4.78 is 32.1. The van der Waals surface area contributed by atoms with Gasteiger partial charge in [-0.3, -0.25) is 0 Å². The van der Waals surface area contributed by atoms with Crippen molar-refractivity contribution in [1.29, 1.82) is 0 Å². The van der Waals surface area contributed by atoms with Gasteiger partial charge in [-0.25, -0.2) is 0 Å². The zero-order valence-corrected chi connectivity index (χ0v) is 29.2. The number of benzene rings is 3. The number of aryl methyl sites for hydroxylation is 3. The third-order valence-corrected chi connectivity index (χ3v) is 9.26. The third kappa shape index (κ3) is 7.15. The number of pyridine rings is 2. The molecular formula is C41H42N2OPt. The maximum Gasteiger partial charge on any atom is 2.00 e. The quantitative estimate of drug-likeness (QED) is 0.161. The number of nitrogens with zero attached hydrogens (tertiary/aromatic N) is 2. The zero-order valence-electron chi connectivity index (χ0n) is 29.9. The van der Waals surface area contributed by atoms with Crippen LogP contribution in [-0.2, 0) is 21.1 Å². The van der Waals surface area contributed by atoms with Crippen LogP contribution in [-0.4, -0.2) is 9.97 Å². The largest absolute Gasteiger partial charge is 2.00 e. The first-order valence-electron chi connectivity index (χ1n) is 17.1. The van der Waals surface area contributed by atoms with Gasteiger partial charge in [0.1, 0.15) is 0 Å². The van der Waals surface area contributed by atoms with E-state index in [9.17, 15) is 0 Å². The zero-order chi connectivity index (χ0) is 33.5. The predicted octanol–water partition coefficient (Wildman–Crippen LogP) is 11.0. The molecule has 0 aliphatic heterocycles. The average Bonchev–Trinajstić information content (AvgIpc) is 3.02. The average molecular weight is 777 g/mol. The molecule has 0 N–H and O–H groups in total. The topological polar surface area (TPSA) is 35.0 Å². The Morgan fingerprint density at radius 1 is 0.844 bits per heavy atom. The van der Waals surface area contributed by atoms with Crippen LogP contribution in [0.1, 0.15) is 77.9 Å². The molecule has 2 aromatic heterocycles. The van der Waals surface area contributed by atoms with Crippen molar-refractivity contribution in [1.82, 2.24) is 9.97 Å².